The van der Waals surface area contributed by atoms with Crippen molar-refractivity contribution in [1.82, 2.24) is 19.5 Å². The van der Waals surface area contributed by atoms with Crippen LogP contribution in [0.2, 0.25) is 5.02 Å². The number of rotatable bonds is 1. The van der Waals surface area contributed by atoms with E-state index in [4.69, 9.17) is 23.8 Å². The maximum absolute atomic E-state index is 11.7. The van der Waals surface area contributed by atoms with Gasteiger partial charge in [0.15, 0.2) is 10.4 Å². The van der Waals surface area contributed by atoms with Gasteiger partial charge < -0.3 is 4.98 Å². The first-order valence-corrected chi connectivity index (χ1v) is 5.90. The van der Waals surface area contributed by atoms with Crippen molar-refractivity contribution < 1.29 is 0 Å². The smallest absolute Gasteiger partial charge is 0.277 e. The number of hydrogen-bond acceptors (Lipinski definition) is 3. The number of H-pyrrole nitrogens is 2. The number of halogens is 1. The number of benzene rings is 1. The Hall–Kier alpha value is -1.92. The van der Waals surface area contributed by atoms with Crippen LogP contribution < -0.4 is 5.56 Å². The highest BCUT2D eigenvalue weighted by atomic mass is 35.5. The molecule has 0 aliphatic rings. The molecular weight excluding hydrogens is 272 g/mol. The summed E-state index contributed by atoms with van der Waals surface area (Å²) < 4.78 is 1.94. The molecular formula is C11H7ClN4OS. The maximum atomic E-state index is 11.7. The minimum Gasteiger partial charge on any atom is -0.339 e. The van der Waals surface area contributed by atoms with Crippen molar-refractivity contribution in [2.45, 2.75) is 0 Å². The standard InChI is InChI=1S/C11H7ClN4OS/c12-6-2-1-3-7(4-6)16-9-8(13-5-14-9)10(17)15-11(16)18/h1-5H,(H,13,14)(H,15,17,18). The Bertz CT molecular complexity index is 848. The topological polar surface area (TPSA) is 66.5 Å². The fourth-order valence-electron chi connectivity index (χ4n) is 1.79. The van der Waals surface area contributed by atoms with Gasteiger partial charge in [-0.3, -0.25) is 14.3 Å². The Morgan fingerprint density at radius 3 is 3.00 bits per heavy atom. The fourth-order valence-corrected chi connectivity index (χ4v) is 2.26. The van der Waals surface area contributed by atoms with E-state index >= 15 is 0 Å². The van der Waals surface area contributed by atoms with E-state index in [2.05, 4.69) is 15.0 Å². The second-order valence-electron chi connectivity index (χ2n) is 3.68. The highest BCUT2D eigenvalue weighted by Gasteiger charge is 2.09. The van der Waals surface area contributed by atoms with Gasteiger partial charge in [-0.1, -0.05) is 17.7 Å². The molecule has 1 aromatic carbocycles. The Morgan fingerprint density at radius 1 is 1.39 bits per heavy atom. The SMILES string of the molecule is O=c1[nH]c(=S)n(-c2cccc(Cl)c2)c2nc[nH]c12. The lowest BCUT2D eigenvalue weighted by atomic mass is 10.3. The van der Waals surface area contributed by atoms with Crippen molar-refractivity contribution in [1.29, 1.82) is 0 Å². The lowest BCUT2D eigenvalue weighted by Gasteiger charge is -2.07. The third kappa shape index (κ3) is 1.66. The monoisotopic (exact) mass is 278 g/mol. The predicted molar refractivity (Wildman–Crippen MR) is 71.9 cm³/mol. The molecule has 2 aromatic heterocycles. The van der Waals surface area contributed by atoms with Crippen molar-refractivity contribution in [3.05, 3.63) is 50.7 Å². The van der Waals surface area contributed by atoms with Crippen LogP contribution in [0.3, 0.4) is 0 Å². The number of nitrogens with zero attached hydrogens (tertiary/aromatic N) is 2. The van der Waals surface area contributed by atoms with Gasteiger partial charge in [0, 0.05) is 5.02 Å². The van der Waals surface area contributed by atoms with Crippen LogP contribution in [0.4, 0.5) is 0 Å². The summed E-state index contributed by atoms with van der Waals surface area (Å²) in [5.74, 6) is 0. The van der Waals surface area contributed by atoms with E-state index in [-0.39, 0.29) is 10.3 Å². The molecule has 2 N–H and O–H groups in total. The van der Waals surface area contributed by atoms with E-state index in [1.165, 1.54) is 6.33 Å². The zero-order valence-corrected chi connectivity index (χ0v) is 10.5. The lowest BCUT2D eigenvalue weighted by Crippen LogP contribution is -2.13. The highest BCUT2D eigenvalue weighted by molar-refractivity contribution is 7.71. The number of nitrogens with one attached hydrogen (secondary N) is 2. The fraction of sp³-hybridized carbons (Fsp3) is 0. The third-order valence-corrected chi connectivity index (χ3v) is 3.07. The molecule has 0 radical (unpaired) electrons. The van der Waals surface area contributed by atoms with Gasteiger partial charge in [-0.25, -0.2) is 4.98 Å². The zero-order valence-electron chi connectivity index (χ0n) is 8.98. The predicted octanol–water partition coefficient (Wildman–Crippen LogP) is 2.42. The van der Waals surface area contributed by atoms with Crippen molar-refractivity contribution in [3.63, 3.8) is 0 Å². The van der Waals surface area contributed by atoms with Crippen LogP contribution in [0.15, 0.2) is 35.4 Å². The molecule has 0 spiro atoms. The summed E-state index contributed by atoms with van der Waals surface area (Å²) in [6.45, 7) is 0. The average Bonchev–Trinajstić information content (AvgIpc) is 2.78. The van der Waals surface area contributed by atoms with Crippen LogP contribution in [0.1, 0.15) is 0 Å². The van der Waals surface area contributed by atoms with Gasteiger partial charge >= 0.3 is 0 Å². The van der Waals surface area contributed by atoms with E-state index < -0.39 is 0 Å². The second kappa shape index (κ2) is 4.08. The lowest BCUT2D eigenvalue weighted by molar-refractivity contribution is 0.974. The van der Waals surface area contributed by atoms with Gasteiger partial charge in [-0.05, 0) is 30.4 Å². The number of fused-ring (bicyclic) bond motifs is 1. The average molecular weight is 279 g/mol. The van der Waals surface area contributed by atoms with Crippen molar-refractivity contribution in [2.75, 3.05) is 0 Å². The molecule has 90 valence electrons. The van der Waals surface area contributed by atoms with E-state index in [1.807, 2.05) is 12.1 Å². The molecule has 0 fully saturated rings. The normalized spacial score (nSPS) is 10.9. The number of aromatic nitrogens is 4. The van der Waals surface area contributed by atoms with Crippen LogP contribution in [-0.2, 0) is 0 Å². The quantitative estimate of drug-likeness (QED) is 0.672. The summed E-state index contributed by atoms with van der Waals surface area (Å²) in [5.41, 5.74) is 1.32. The van der Waals surface area contributed by atoms with Crippen LogP contribution >= 0.6 is 23.8 Å². The highest BCUT2D eigenvalue weighted by Crippen LogP contribution is 2.17. The van der Waals surface area contributed by atoms with Crippen molar-refractivity contribution in [2.24, 2.45) is 0 Å². The molecule has 0 amide bonds. The largest absolute Gasteiger partial charge is 0.339 e. The van der Waals surface area contributed by atoms with E-state index in [0.29, 0.717) is 16.2 Å². The number of hydrogen-bond donors (Lipinski definition) is 2. The molecule has 0 atom stereocenters. The first-order valence-electron chi connectivity index (χ1n) is 5.11. The molecule has 0 bridgehead atoms. The summed E-state index contributed by atoms with van der Waals surface area (Å²) in [5, 5.41) is 0.587. The molecule has 0 saturated heterocycles. The Labute approximate surface area is 111 Å². The second-order valence-corrected chi connectivity index (χ2v) is 4.50. The van der Waals surface area contributed by atoms with Gasteiger partial charge in [0.1, 0.15) is 5.52 Å². The Balaban J connectivity index is 2.46. The van der Waals surface area contributed by atoms with Gasteiger partial charge in [0.2, 0.25) is 0 Å². The Morgan fingerprint density at radius 2 is 2.22 bits per heavy atom. The first-order chi connectivity index (χ1) is 8.66. The van der Waals surface area contributed by atoms with Gasteiger partial charge in [0.05, 0.1) is 12.0 Å². The van der Waals surface area contributed by atoms with Crippen LogP contribution in [-0.4, -0.2) is 19.5 Å². The molecule has 0 aliphatic heterocycles. The van der Waals surface area contributed by atoms with Crippen LogP contribution in [0.25, 0.3) is 16.9 Å². The summed E-state index contributed by atoms with van der Waals surface area (Å²) in [6, 6.07) is 7.17. The molecule has 0 unspecified atom stereocenters. The maximum Gasteiger partial charge on any atom is 0.277 e. The molecule has 3 rings (SSSR count). The number of imidazole rings is 1. The Kier molecular flexibility index (Phi) is 2.53. The minimum absolute atomic E-state index is 0.280. The van der Waals surface area contributed by atoms with Gasteiger partial charge in [-0.2, -0.15) is 0 Å². The van der Waals surface area contributed by atoms with Crippen molar-refractivity contribution >= 4 is 35.0 Å². The van der Waals surface area contributed by atoms with Crippen LogP contribution in [0.5, 0.6) is 0 Å². The third-order valence-electron chi connectivity index (χ3n) is 2.55. The van der Waals surface area contributed by atoms with E-state index in [9.17, 15) is 4.79 Å². The summed E-state index contributed by atoms with van der Waals surface area (Å²) in [6.07, 6.45) is 1.45. The zero-order chi connectivity index (χ0) is 12.7. The molecule has 7 heteroatoms. The van der Waals surface area contributed by atoms with Gasteiger partial charge in [0.25, 0.3) is 5.56 Å². The molecule has 5 nitrogen and oxygen atoms in total. The number of aromatic amines is 2. The first kappa shape index (κ1) is 11.2. The van der Waals surface area contributed by atoms with E-state index in [0.717, 1.165) is 5.69 Å². The molecule has 18 heavy (non-hydrogen) atoms. The summed E-state index contributed by atoms with van der Waals surface area (Å²) >= 11 is 11.1. The summed E-state index contributed by atoms with van der Waals surface area (Å²) in [7, 11) is 0. The van der Waals surface area contributed by atoms with Crippen LogP contribution in [0, 0.1) is 4.77 Å². The summed E-state index contributed by atoms with van der Waals surface area (Å²) in [4.78, 5) is 21.2. The minimum atomic E-state index is -0.286. The van der Waals surface area contributed by atoms with Gasteiger partial charge in [-0.15, -0.1) is 0 Å². The molecule has 0 saturated carbocycles. The molecule has 3 aromatic rings. The van der Waals surface area contributed by atoms with E-state index in [1.54, 1.807) is 16.7 Å². The molecule has 2 heterocycles. The molecule has 0 aliphatic carbocycles. The van der Waals surface area contributed by atoms with Crippen molar-refractivity contribution in [3.8, 4) is 5.69 Å².